The second-order valence-electron chi connectivity index (χ2n) is 4.10. The number of thiocarbonyl (C=S) groups is 1. The highest BCUT2D eigenvalue weighted by atomic mass is 32.1. The van der Waals surface area contributed by atoms with E-state index in [1.54, 1.807) is 0 Å². The third-order valence-corrected chi connectivity index (χ3v) is 3.14. The summed E-state index contributed by atoms with van der Waals surface area (Å²) < 4.78 is 5.47. The number of hydrogen-bond donors (Lipinski definition) is 1. The molecule has 1 fully saturated rings. The van der Waals surface area contributed by atoms with Crippen molar-refractivity contribution in [2.45, 2.75) is 38.6 Å². The quantitative estimate of drug-likeness (QED) is 0.555. The molecule has 1 rings (SSSR count). The molecule has 88 valence electrons. The second kappa shape index (κ2) is 7.14. The van der Waals surface area contributed by atoms with Crippen molar-refractivity contribution >= 4 is 17.2 Å². The van der Waals surface area contributed by atoms with Gasteiger partial charge in [-0.15, -0.1) is 0 Å². The molecule has 1 heterocycles. The fourth-order valence-electron chi connectivity index (χ4n) is 1.97. The van der Waals surface area contributed by atoms with Crippen molar-refractivity contribution in [3.63, 3.8) is 0 Å². The molecule has 1 aliphatic rings. The number of nitrogens with two attached hydrogens (primary N) is 1. The second-order valence-corrected chi connectivity index (χ2v) is 4.62. The van der Waals surface area contributed by atoms with Crippen molar-refractivity contribution < 1.29 is 4.74 Å². The van der Waals surface area contributed by atoms with Gasteiger partial charge in [0.15, 0.2) is 0 Å². The van der Waals surface area contributed by atoms with E-state index < -0.39 is 0 Å². The normalized spacial score (nSPS) is 22.9. The maximum Gasteiger partial charge on any atom is 0.0727 e. The van der Waals surface area contributed by atoms with Crippen molar-refractivity contribution in [3.05, 3.63) is 0 Å². The zero-order valence-electron chi connectivity index (χ0n) is 9.58. The fourth-order valence-corrected chi connectivity index (χ4v) is 2.12. The largest absolute Gasteiger partial charge is 0.393 e. The predicted molar refractivity (Wildman–Crippen MR) is 67.1 cm³/mol. The minimum atomic E-state index is 0.614. The van der Waals surface area contributed by atoms with Crippen molar-refractivity contribution in [1.82, 2.24) is 4.90 Å². The lowest BCUT2D eigenvalue weighted by Gasteiger charge is -2.35. The lowest BCUT2D eigenvalue weighted by atomic mass is 10.1. The van der Waals surface area contributed by atoms with Gasteiger partial charge in [-0.25, -0.2) is 0 Å². The van der Waals surface area contributed by atoms with E-state index in [1.165, 1.54) is 12.8 Å². The summed E-state index contributed by atoms with van der Waals surface area (Å²) >= 11 is 4.86. The minimum Gasteiger partial charge on any atom is -0.393 e. The van der Waals surface area contributed by atoms with Crippen LogP contribution in [-0.4, -0.2) is 42.2 Å². The third-order valence-electron chi connectivity index (χ3n) is 2.94. The molecule has 0 aromatic carbocycles. The van der Waals surface area contributed by atoms with Gasteiger partial charge in [0, 0.05) is 12.6 Å². The molecule has 1 unspecified atom stereocenters. The fraction of sp³-hybridized carbons (Fsp3) is 0.909. The molecule has 0 spiro atoms. The zero-order valence-corrected chi connectivity index (χ0v) is 10.4. The lowest BCUT2D eigenvalue weighted by Crippen LogP contribution is -2.45. The van der Waals surface area contributed by atoms with Gasteiger partial charge in [-0.05, 0) is 32.2 Å². The molecule has 0 aromatic rings. The molecular weight excluding hydrogens is 208 g/mol. The molecule has 4 heteroatoms. The van der Waals surface area contributed by atoms with Gasteiger partial charge < -0.3 is 10.5 Å². The summed E-state index contributed by atoms with van der Waals surface area (Å²) in [6, 6.07) is 0.614. The Morgan fingerprint density at radius 2 is 2.33 bits per heavy atom. The summed E-state index contributed by atoms with van der Waals surface area (Å²) in [5.41, 5.74) is 5.46. The first-order valence-electron chi connectivity index (χ1n) is 5.84. The number of hydrogen-bond acceptors (Lipinski definition) is 3. The highest BCUT2D eigenvalue weighted by Crippen LogP contribution is 2.11. The molecule has 0 saturated carbocycles. The van der Waals surface area contributed by atoms with Crippen LogP contribution in [0.4, 0.5) is 0 Å². The minimum absolute atomic E-state index is 0.614. The van der Waals surface area contributed by atoms with E-state index in [0.29, 0.717) is 11.0 Å². The molecule has 2 N–H and O–H groups in total. The van der Waals surface area contributed by atoms with Crippen molar-refractivity contribution in [3.8, 4) is 0 Å². The topological polar surface area (TPSA) is 38.5 Å². The van der Waals surface area contributed by atoms with Gasteiger partial charge in [-0.1, -0.05) is 19.1 Å². The summed E-state index contributed by atoms with van der Waals surface area (Å²) in [5.74, 6) is 0. The van der Waals surface area contributed by atoms with E-state index in [0.717, 1.165) is 39.1 Å². The summed E-state index contributed by atoms with van der Waals surface area (Å²) in [4.78, 5) is 3.17. The summed E-state index contributed by atoms with van der Waals surface area (Å²) in [7, 11) is 0. The smallest absolute Gasteiger partial charge is 0.0727 e. The Morgan fingerprint density at radius 1 is 1.53 bits per heavy atom. The van der Waals surface area contributed by atoms with Crippen molar-refractivity contribution in [2.75, 3.05) is 26.3 Å². The highest BCUT2D eigenvalue weighted by molar-refractivity contribution is 7.80. The van der Waals surface area contributed by atoms with Crippen molar-refractivity contribution in [2.24, 2.45) is 5.73 Å². The molecule has 3 nitrogen and oxygen atoms in total. The first-order valence-corrected chi connectivity index (χ1v) is 6.25. The Hall–Kier alpha value is -0.190. The van der Waals surface area contributed by atoms with Crippen LogP contribution in [0.3, 0.4) is 0 Å². The molecule has 0 bridgehead atoms. The first-order chi connectivity index (χ1) is 7.24. The Morgan fingerprint density at radius 3 is 3.00 bits per heavy atom. The molecular formula is C11H22N2OS. The van der Waals surface area contributed by atoms with Crippen LogP contribution in [0, 0.1) is 0 Å². The van der Waals surface area contributed by atoms with Gasteiger partial charge in [0.1, 0.15) is 0 Å². The average molecular weight is 230 g/mol. The molecule has 0 aliphatic carbocycles. The molecule has 1 aliphatic heterocycles. The van der Waals surface area contributed by atoms with E-state index >= 15 is 0 Å². The molecule has 15 heavy (non-hydrogen) atoms. The molecule has 0 amide bonds. The molecule has 1 atom stereocenters. The molecule has 0 radical (unpaired) electrons. The van der Waals surface area contributed by atoms with Gasteiger partial charge in [-0.3, -0.25) is 4.90 Å². The number of rotatable bonds is 6. The van der Waals surface area contributed by atoms with Gasteiger partial charge >= 0.3 is 0 Å². The van der Waals surface area contributed by atoms with Gasteiger partial charge in [0.25, 0.3) is 0 Å². The zero-order chi connectivity index (χ0) is 11.1. The van der Waals surface area contributed by atoms with E-state index in [-0.39, 0.29) is 0 Å². The van der Waals surface area contributed by atoms with Gasteiger partial charge in [0.2, 0.25) is 0 Å². The van der Waals surface area contributed by atoms with E-state index in [1.807, 2.05) is 0 Å². The Balaban J connectivity index is 2.15. The summed E-state index contributed by atoms with van der Waals surface area (Å²) in [6.07, 6.45) is 4.36. The Kier molecular flexibility index (Phi) is 6.13. The van der Waals surface area contributed by atoms with Crippen LogP contribution in [0.15, 0.2) is 0 Å². The summed E-state index contributed by atoms with van der Waals surface area (Å²) in [5, 5.41) is 0. The van der Waals surface area contributed by atoms with Crippen LogP contribution >= 0.6 is 12.2 Å². The highest BCUT2D eigenvalue weighted by Gasteiger charge is 2.20. The first kappa shape index (κ1) is 12.9. The van der Waals surface area contributed by atoms with Crippen LogP contribution in [0.1, 0.15) is 32.6 Å². The van der Waals surface area contributed by atoms with Crippen LogP contribution in [-0.2, 0) is 4.74 Å². The monoisotopic (exact) mass is 230 g/mol. The SMILES string of the molecule is CCC1COCCN1CCCCC(N)=S. The number of nitrogens with zero attached hydrogens (tertiary/aromatic N) is 1. The van der Waals surface area contributed by atoms with Crippen LogP contribution in [0.2, 0.25) is 0 Å². The van der Waals surface area contributed by atoms with Crippen LogP contribution in [0.25, 0.3) is 0 Å². The van der Waals surface area contributed by atoms with E-state index in [9.17, 15) is 0 Å². The Bertz CT molecular complexity index is 199. The standard InChI is InChI=1S/C11H22N2OS/c1-2-10-9-14-8-7-13(10)6-4-3-5-11(12)15/h10H,2-9H2,1H3,(H2,12,15). The third kappa shape index (κ3) is 4.91. The van der Waals surface area contributed by atoms with Gasteiger partial charge in [-0.2, -0.15) is 0 Å². The number of morpholine rings is 1. The number of ether oxygens (including phenoxy) is 1. The van der Waals surface area contributed by atoms with Gasteiger partial charge in [0.05, 0.1) is 18.2 Å². The molecule has 0 aromatic heterocycles. The summed E-state index contributed by atoms with van der Waals surface area (Å²) in [6.45, 7) is 6.23. The predicted octanol–water partition coefficient (Wildman–Crippen LogP) is 1.55. The number of unbranched alkanes of at least 4 members (excludes halogenated alkanes) is 1. The van der Waals surface area contributed by atoms with Crippen molar-refractivity contribution in [1.29, 1.82) is 0 Å². The lowest BCUT2D eigenvalue weighted by molar-refractivity contribution is -0.00906. The Labute approximate surface area is 98.0 Å². The maximum absolute atomic E-state index is 5.47. The average Bonchev–Trinajstić information content (AvgIpc) is 2.24. The van der Waals surface area contributed by atoms with Crippen LogP contribution in [0.5, 0.6) is 0 Å². The maximum atomic E-state index is 5.47. The van der Waals surface area contributed by atoms with E-state index in [2.05, 4.69) is 11.8 Å². The van der Waals surface area contributed by atoms with E-state index in [4.69, 9.17) is 22.7 Å². The van der Waals surface area contributed by atoms with Crippen LogP contribution < -0.4 is 5.73 Å². The molecule has 1 saturated heterocycles.